The second-order valence-corrected chi connectivity index (χ2v) is 33.3. The van der Waals surface area contributed by atoms with Gasteiger partial charge in [-0.05, 0) is 257 Å². The van der Waals surface area contributed by atoms with Crippen LogP contribution in [0.1, 0.15) is 206 Å². The highest BCUT2D eigenvalue weighted by molar-refractivity contribution is 9.10. The van der Waals surface area contributed by atoms with Crippen LogP contribution in [0.15, 0.2) is 132 Å². The summed E-state index contributed by atoms with van der Waals surface area (Å²) in [5.41, 5.74) is 1.97. The molecule has 6 atom stereocenters. The van der Waals surface area contributed by atoms with E-state index >= 15 is 0 Å². The summed E-state index contributed by atoms with van der Waals surface area (Å²) in [5.74, 6) is -2.12. The van der Waals surface area contributed by atoms with Crippen molar-refractivity contribution in [2.24, 2.45) is 16.2 Å². The topological polar surface area (TPSA) is 219 Å². The Balaban J connectivity index is 0.000000136. The first-order chi connectivity index (χ1) is 52.9. The van der Waals surface area contributed by atoms with Crippen molar-refractivity contribution in [3.63, 3.8) is 0 Å². The number of likely N-dealkylation sites (tertiary alicyclic amines) is 3. The molecule has 0 radical (unpaired) electrons. The third-order valence-electron chi connectivity index (χ3n) is 25.2. The molecule has 3 aliphatic carbocycles. The van der Waals surface area contributed by atoms with Crippen LogP contribution in [-0.4, -0.2) is 161 Å². The molecule has 598 valence electrons. The van der Waals surface area contributed by atoms with Gasteiger partial charge < -0.3 is 53.5 Å². The van der Waals surface area contributed by atoms with Crippen molar-refractivity contribution in [3.05, 3.63) is 182 Å². The molecule has 7 saturated heterocycles. The van der Waals surface area contributed by atoms with Crippen LogP contribution >= 0.6 is 15.9 Å². The maximum atomic E-state index is 13.5. The Bertz CT molecular complexity index is 4280. The molecular weight excluding hydrogens is 1540 g/mol. The molecule has 10 fully saturated rings. The molecular formula is C84H90BBrF9N3O14. The molecule has 0 bridgehead atoms. The molecule has 7 heterocycles. The predicted molar refractivity (Wildman–Crippen MR) is 400 cm³/mol. The molecule has 3 spiro atoms. The highest BCUT2D eigenvalue weighted by Crippen LogP contribution is 2.67. The van der Waals surface area contributed by atoms with Gasteiger partial charge in [-0.15, -0.1) is 0 Å². The molecule has 7 aliphatic heterocycles. The number of hydrogen-bond acceptors (Lipinski definition) is 11. The lowest BCUT2D eigenvalue weighted by Crippen LogP contribution is -2.44. The smallest absolute Gasteiger partial charge is 0.478 e. The summed E-state index contributed by atoms with van der Waals surface area (Å²) in [4.78, 5) is 76.7. The lowest BCUT2D eigenvalue weighted by Gasteiger charge is -2.34. The third-order valence-corrected chi connectivity index (χ3v) is 25.8. The number of nitrogens with zero attached hydrogens (tertiary/aromatic N) is 3. The number of piperidine rings is 3. The second-order valence-electron chi connectivity index (χ2n) is 32.5. The molecule has 0 aromatic heterocycles. The van der Waals surface area contributed by atoms with Crippen molar-refractivity contribution in [2.75, 3.05) is 59.1 Å². The molecule has 3 N–H and O–H groups in total. The fourth-order valence-electron chi connectivity index (χ4n) is 17.4. The molecule has 112 heavy (non-hydrogen) atoms. The first-order valence-corrected chi connectivity index (χ1v) is 39.0. The van der Waals surface area contributed by atoms with Gasteiger partial charge in [0, 0.05) is 63.6 Å². The fraction of sp³-hybridized carbons (Fsp3) is 0.500. The number of halogens is 10. The van der Waals surface area contributed by atoms with Gasteiger partial charge in [-0.25, -0.2) is 14.4 Å². The zero-order chi connectivity index (χ0) is 80.3. The minimum Gasteiger partial charge on any atom is -0.478 e. The lowest BCUT2D eigenvalue weighted by molar-refractivity contribution is -0.143. The van der Waals surface area contributed by atoms with E-state index in [9.17, 15) is 78.5 Å². The van der Waals surface area contributed by atoms with Crippen LogP contribution in [0.5, 0.6) is 0 Å². The Kier molecular flexibility index (Phi) is 23.3. The molecule has 3 amide bonds. The van der Waals surface area contributed by atoms with E-state index < -0.39 is 53.1 Å². The van der Waals surface area contributed by atoms with Crippen LogP contribution in [0.3, 0.4) is 0 Å². The van der Waals surface area contributed by atoms with E-state index in [1.54, 1.807) is 24.3 Å². The molecule has 17 nitrogen and oxygen atoms in total. The number of aromatic carboxylic acids is 3. The summed E-state index contributed by atoms with van der Waals surface area (Å²) in [7, 11) is -0.302. The summed E-state index contributed by atoms with van der Waals surface area (Å²) in [5, 5.41) is 26.9. The first-order valence-electron chi connectivity index (χ1n) is 38.3. The van der Waals surface area contributed by atoms with E-state index in [0.29, 0.717) is 73.7 Å². The third kappa shape index (κ3) is 17.7. The zero-order valence-electron chi connectivity index (χ0n) is 62.6. The number of rotatable bonds is 12. The largest absolute Gasteiger partial charge is 0.494 e. The van der Waals surface area contributed by atoms with E-state index in [2.05, 4.69) is 67.9 Å². The minimum absolute atomic E-state index is 0.0953. The van der Waals surface area contributed by atoms with Gasteiger partial charge >= 0.3 is 43.6 Å². The van der Waals surface area contributed by atoms with Gasteiger partial charge in [0.2, 0.25) is 0 Å². The molecule has 16 rings (SSSR count). The highest BCUT2D eigenvalue weighted by atomic mass is 79.9. The SMILES string of the molecule is CC1(C)OB(c2ccc(C3CC34CCN(C(=O)[C@H]3CCCO3)CC4)cc2)OC1(C)C.O=C(O)c1ccc(C(F)(F)F)c(-c2ccc([C@@H]3CC34CCN(C(=O)[C@H]3CCCO3)CC4)cc2)c1.O=C(O)c1ccc(C(F)(F)F)c(-c2ccc([C@H]3CC34CCN(C(=O)[C@H]3CCCO3)CC4)cc2)c1.O=C(O)c1ccc(C(F)(F)F)c(Br)c1. The van der Waals surface area contributed by atoms with Gasteiger partial charge in [0.25, 0.3) is 17.7 Å². The van der Waals surface area contributed by atoms with Crippen molar-refractivity contribution < 1.29 is 107 Å². The molecule has 3 saturated carbocycles. The second kappa shape index (κ2) is 31.9. The van der Waals surface area contributed by atoms with Crippen molar-refractivity contribution in [1.82, 2.24) is 14.7 Å². The summed E-state index contributed by atoms with van der Waals surface area (Å²) in [6, 6.07) is 31.2. The summed E-state index contributed by atoms with van der Waals surface area (Å²) >= 11 is 2.67. The van der Waals surface area contributed by atoms with E-state index in [0.717, 1.165) is 181 Å². The van der Waals surface area contributed by atoms with Gasteiger partial charge in [0.05, 0.1) is 44.6 Å². The van der Waals surface area contributed by atoms with Crippen molar-refractivity contribution >= 4 is 64.1 Å². The number of carboxylic acids is 3. The van der Waals surface area contributed by atoms with Gasteiger partial charge in [-0.1, -0.05) is 88.7 Å². The number of ether oxygens (including phenoxy) is 3. The maximum Gasteiger partial charge on any atom is 0.494 e. The van der Waals surface area contributed by atoms with Crippen molar-refractivity contribution in [1.29, 1.82) is 0 Å². The van der Waals surface area contributed by atoms with Gasteiger partial charge in [0.15, 0.2) is 0 Å². The number of carbonyl (C=O) groups is 6. The van der Waals surface area contributed by atoms with Crippen LogP contribution in [0.2, 0.25) is 0 Å². The van der Waals surface area contributed by atoms with Crippen LogP contribution in [0.4, 0.5) is 39.5 Å². The van der Waals surface area contributed by atoms with Gasteiger partial charge in [-0.3, -0.25) is 14.4 Å². The van der Waals surface area contributed by atoms with E-state index in [4.69, 9.17) is 28.6 Å². The quantitative estimate of drug-likeness (QED) is 0.0767. The number of hydrogen-bond donors (Lipinski definition) is 3. The monoisotopic (exact) mass is 1630 g/mol. The standard InChI is InChI=1S/2C26H26F3NO4.C24H34BNO4.C8H4BrF3O2/c2*27-26(28,29)20-8-7-18(24(32)33)14-19(20)16-3-5-17(6-4-16)21-15-25(21)9-11-30(12-10-25)23(31)22-2-1-13-34-22;1-22(2)23(3,4)30-25(29-22)18-9-7-17(8-10-18)19-16-24(19)11-13-26(14-12-24)21(27)20-6-5-15-28-20;9-6-3-4(7(13)14)1-2-5(6)8(10,11)12/h2*3-8,14,21-22H,1-2,9-13,15H2,(H,32,33);7-10,19-20H,5-6,11-16H2,1-4H3;1-3H,(H,13,14)/t21-,22+;21-,22-;19?,20-;/m011./s1. The average Bonchev–Trinajstić information content (AvgIpc) is 1.58. The predicted octanol–water partition coefficient (Wildman–Crippen LogP) is 17.1. The highest BCUT2D eigenvalue weighted by Gasteiger charge is 2.59. The van der Waals surface area contributed by atoms with Gasteiger partial charge in [-0.2, -0.15) is 39.5 Å². The normalized spacial score (nSPS) is 24.3. The Morgan fingerprint density at radius 3 is 0.964 bits per heavy atom. The Hall–Kier alpha value is -8.15. The molecule has 1 unspecified atom stereocenters. The Morgan fingerprint density at radius 2 is 0.696 bits per heavy atom. The van der Waals surface area contributed by atoms with Crippen LogP contribution in [-0.2, 0) is 56.4 Å². The zero-order valence-corrected chi connectivity index (χ0v) is 64.2. The van der Waals surface area contributed by atoms with Crippen LogP contribution in [0, 0.1) is 16.2 Å². The number of amides is 3. The van der Waals surface area contributed by atoms with E-state index in [1.165, 1.54) is 12.0 Å². The molecule has 6 aromatic rings. The Morgan fingerprint density at radius 1 is 0.411 bits per heavy atom. The Labute approximate surface area is 652 Å². The molecule has 28 heteroatoms. The summed E-state index contributed by atoms with van der Waals surface area (Å²) in [6.45, 7) is 15.0. The summed E-state index contributed by atoms with van der Waals surface area (Å²) in [6.07, 6.45) is 0.0553. The van der Waals surface area contributed by atoms with Crippen LogP contribution in [0.25, 0.3) is 22.3 Å². The average molecular weight is 1630 g/mol. The van der Waals surface area contributed by atoms with Crippen molar-refractivity contribution in [2.45, 2.75) is 190 Å². The van der Waals surface area contributed by atoms with Crippen LogP contribution < -0.4 is 5.46 Å². The van der Waals surface area contributed by atoms with E-state index in [1.807, 2.05) is 39.0 Å². The van der Waals surface area contributed by atoms with Crippen molar-refractivity contribution in [3.8, 4) is 22.3 Å². The summed E-state index contributed by atoms with van der Waals surface area (Å²) < 4.78 is 147. The number of alkyl halides is 9. The first kappa shape index (κ1) is 81.9. The number of carboxylic acid groups (broad SMARTS) is 3. The molecule has 10 aliphatic rings. The van der Waals surface area contributed by atoms with Gasteiger partial charge in [0.1, 0.15) is 18.3 Å². The number of carbonyl (C=O) groups excluding carboxylic acids is 3. The molecule has 6 aromatic carbocycles. The lowest BCUT2D eigenvalue weighted by atomic mass is 9.78. The fourth-order valence-corrected chi connectivity index (χ4v) is 18.0. The maximum absolute atomic E-state index is 13.5. The minimum atomic E-state index is -4.58. The van der Waals surface area contributed by atoms with E-state index in [-0.39, 0.29) is 97.5 Å². The number of benzene rings is 6.